The fourth-order valence-electron chi connectivity index (χ4n) is 8.03. The lowest BCUT2D eigenvalue weighted by atomic mass is 10.00. The molecule has 0 aliphatic heterocycles. The van der Waals surface area contributed by atoms with E-state index < -0.39 is 0 Å². The molecule has 0 radical (unpaired) electrons. The van der Waals surface area contributed by atoms with E-state index in [1.165, 1.54) is 43.4 Å². The topological polar surface area (TPSA) is 53.5 Å². The molecular weight excluding hydrogens is 645 g/mol. The van der Waals surface area contributed by atoms with Crippen molar-refractivity contribution in [3.05, 3.63) is 193 Å². The third kappa shape index (κ3) is 5.44. The van der Waals surface area contributed by atoms with Gasteiger partial charge in [-0.2, -0.15) is 0 Å². The summed E-state index contributed by atoms with van der Waals surface area (Å²) in [7, 11) is 0. The highest BCUT2D eigenvalue weighted by Crippen LogP contribution is 2.41. The summed E-state index contributed by atoms with van der Waals surface area (Å²) in [6.07, 6.45) is 9.48. The van der Waals surface area contributed by atoms with Crippen LogP contribution in [0.2, 0.25) is 0 Å². The van der Waals surface area contributed by atoms with E-state index in [-0.39, 0.29) is 11.9 Å². The summed E-state index contributed by atoms with van der Waals surface area (Å²) < 4.78 is 2.51. The molecule has 10 rings (SSSR count). The molecule has 0 fully saturated rings. The van der Waals surface area contributed by atoms with Crippen LogP contribution in [-0.4, -0.2) is 22.5 Å². The van der Waals surface area contributed by atoms with Crippen LogP contribution in [0, 0.1) is 5.41 Å². The maximum Gasteiger partial charge on any atom is 0.161 e. The van der Waals surface area contributed by atoms with Crippen molar-refractivity contribution in [3.63, 3.8) is 0 Å². The van der Waals surface area contributed by atoms with Gasteiger partial charge in [0.05, 0.1) is 17.1 Å². The van der Waals surface area contributed by atoms with E-state index in [2.05, 4.69) is 132 Å². The first-order valence-electron chi connectivity index (χ1n) is 18.1. The Hall–Kier alpha value is -6.91. The van der Waals surface area contributed by atoms with Gasteiger partial charge in [0.1, 0.15) is 0 Å². The van der Waals surface area contributed by atoms with Crippen molar-refractivity contribution < 1.29 is 0 Å². The van der Waals surface area contributed by atoms with Crippen molar-refractivity contribution in [1.82, 2.24) is 4.57 Å². The molecule has 0 saturated heterocycles. The second kappa shape index (κ2) is 12.7. The second-order valence-electron chi connectivity index (χ2n) is 13.8. The lowest BCUT2D eigenvalue weighted by molar-refractivity contribution is 0.646. The van der Waals surface area contributed by atoms with Crippen molar-refractivity contribution in [3.8, 4) is 0 Å². The molecule has 250 valence electrons. The zero-order valence-electron chi connectivity index (χ0n) is 28.9. The molecule has 1 aliphatic rings. The Morgan fingerprint density at radius 1 is 0.566 bits per heavy atom. The van der Waals surface area contributed by atoms with Crippen LogP contribution in [0.4, 0.5) is 0 Å². The van der Waals surface area contributed by atoms with E-state index in [0.717, 1.165) is 44.7 Å². The minimum atomic E-state index is 0.0840. The fraction of sp³-hybridized carbons (Fsp3) is 0.0408. The molecule has 0 spiro atoms. The number of aromatic nitrogens is 1. The molecule has 0 saturated carbocycles. The summed E-state index contributed by atoms with van der Waals surface area (Å²) in [6.45, 7) is 0. The molecule has 9 aromatic rings. The number of rotatable bonds is 4. The van der Waals surface area contributed by atoms with Crippen LogP contribution in [0.5, 0.6) is 0 Å². The third-order valence-electron chi connectivity index (χ3n) is 10.6. The number of aliphatic imine (C=N–C) groups is 2. The zero-order chi connectivity index (χ0) is 35.3. The summed E-state index contributed by atoms with van der Waals surface area (Å²) in [5, 5.41) is 21.2. The number of hydrogen-bond donors (Lipinski definition) is 1. The van der Waals surface area contributed by atoms with Gasteiger partial charge < -0.3 is 4.57 Å². The Labute approximate surface area is 306 Å². The van der Waals surface area contributed by atoms with Crippen molar-refractivity contribution in [2.45, 2.75) is 12.5 Å². The molecule has 8 aromatic carbocycles. The van der Waals surface area contributed by atoms with Gasteiger partial charge in [0, 0.05) is 28.1 Å². The number of fused-ring (bicyclic) bond motifs is 9. The fourth-order valence-corrected chi connectivity index (χ4v) is 8.03. The molecule has 0 bridgehead atoms. The SMILES string of the molecule is N=C(/N=C(\N=C\C1=CC(n2c3ccc4ccccc4c3c3c4ccccc4ccc32)CC=C1)c1ccc2ccccc2c1)c1ccc2ccccc2c1. The van der Waals surface area contributed by atoms with Gasteiger partial charge in [-0.3, -0.25) is 5.41 Å². The van der Waals surface area contributed by atoms with Crippen LogP contribution in [0.3, 0.4) is 0 Å². The average Bonchev–Trinajstić information content (AvgIpc) is 3.57. The van der Waals surface area contributed by atoms with Gasteiger partial charge in [-0.15, -0.1) is 0 Å². The Morgan fingerprint density at radius 3 is 1.70 bits per heavy atom. The van der Waals surface area contributed by atoms with Gasteiger partial charge in [-0.25, -0.2) is 9.98 Å². The molecule has 1 N–H and O–H groups in total. The van der Waals surface area contributed by atoms with E-state index in [0.29, 0.717) is 5.84 Å². The van der Waals surface area contributed by atoms with Crippen LogP contribution in [0.1, 0.15) is 23.6 Å². The van der Waals surface area contributed by atoms with Crippen LogP contribution in [0.25, 0.3) is 64.9 Å². The first-order valence-corrected chi connectivity index (χ1v) is 18.1. The third-order valence-corrected chi connectivity index (χ3v) is 10.6. The highest BCUT2D eigenvalue weighted by molar-refractivity contribution is 6.28. The summed E-state index contributed by atoms with van der Waals surface area (Å²) in [4.78, 5) is 9.90. The highest BCUT2D eigenvalue weighted by atomic mass is 15.0. The quantitative estimate of drug-likeness (QED) is 0.142. The van der Waals surface area contributed by atoms with Crippen LogP contribution in [0.15, 0.2) is 192 Å². The molecule has 1 heterocycles. The number of nitrogens with one attached hydrogen (secondary N) is 1. The Balaban J connectivity index is 1.09. The first-order chi connectivity index (χ1) is 26.2. The lowest BCUT2D eigenvalue weighted by Gasteiger charge is -2.20. The average molecular weight is 679 g/mol. The molecule has 53 heavy (non-hydrogen) atoms. The standard InChI is InChI=1S/C49H34N4/c50-48(39-22-20-33-11-1-3-15-37(33)29-39)52-49(40-23-21-34-12-2-4-16-38(34)30-40)51-31-32-10-9-17-41(28-32)53-44-26-24-35-13-5-7-18-42(35)46(44)47-43-19-8-6-14-36(43)25-27-45(47)53/h1-16,18-31,41,50H,17H2/b50-48?,51-31+,52-49-. The molecule has 1 atom stereocenters. The van der Waals surface area contributed by atoms with Gasteiger partial charge in [-0.1, -0.05) is 152 Å². The van der Waals surface area contributed by atoms with Gasteiger partial charge in [0.2, 0.25) is 0 Å². The van der Waals surface area contributed by atoms with Crippen molar-refractivity contribution >= 4 is 82.8 Å². The van der Waals surface area contributed by atoms with Gasteiger partial charge in [-0.05, 0) is 79.3 Å². The normalized spacial score (nSPS) is 15.1. The molecular formula is C49H34N4. The number of nitrogens with zero attached hydrogens (tertiary/aromatic N) is 3. The number of allylic oxidation sites excluding steroid dienone is 4. The van der Waals surface area contributed by atoms with Crippen LogP contribution in [-0.2, 0) is 0 Å². The Bertz CT molecular complexity index is 2970. The Kier molecular flexibility index (Phi) is 7.40. The summed E-state index contributed by atoms with van der Waals surface area (Å²) >= 11 is 0. The predicted octanol–water partition coefficient (Wildman–Crippen LogP) is 12.4. The van der Waals surface area contributed by atoms with E-state index in [1.54, 1.807) is 0 Å². The molecule has 0 amide bonds. The van der Waals surface area contributed by atoms with E-state index in [9.17, 15) is 0 Å². The van der Waals surface area contributed by atoms with E-state index in [1.807, 2.05) is 54.7 Å². The zero-order valence-corrected chi connectivity index (χ0v) is 28.9. The number of amidine groups is 2. The second-order valence-corrected chi connectivity index (χ2v) is 13.8. The van der Waals surface area contributed by atoms with Gasteiger partial charge in [0.25, 0.3) is 0 Å². The van der Waals surface area contributed by atoms with Crippen LogP contribution >= 0.6 is 0 Å². The van der Waals surface area contributed by atoms with Crippen molar-refractivity contribution in [2.75, 3.05) is 0 Å². The lowest BCUT2D eigenvalue weighted by Crippen LogP contribution is -2.09. The summed E-state index contributed by atoms with van der Waals surface area (Å²) in [5.74, 6) is 0.673. The monoisotopic (exact) mass is 678 g/mol. The van der Waals surface area contributed by atoms with E-state index in [4.69, 9.17) is 15.4 Å². The molecule has 1 aromatic heterocycles. The largest absolute Gasteiger partial charge is 0.333 e. The molecule has 1 unspecified atom stereocenters. The maximum absolute atomic E-state index is 9.07. The Morgan fingerprint density at radius 2 is 1.08 bits per heavy atom. The smallest absolute Gasteiger partial charge is 0.161 e. The van der Waals surface area contributed by atoms with Crippen molar-refractivity contribution in [2.24, 2.45) is 9.98 Å². The number of hydrogen-bond acceptors (Lipinski definition) is 1. The predicted molar refractivity (Wildman–Crippen MR) is 225 cm³/mol. The van der Waals surface area contributed by atoms with Crippen molar-refractivity contribution in [1.29, 1.82) is 5.41 Å². The molecule has 1 aliphatic carbocycles. The molecule has 4 nitrogen and oxygen atoms in total. The highest BCUT2D eigenvalue weighted by Gasteiger charge is 2.21. The van der Waals surface area contributed by atoms with Crippen LogP contribution < -0.4 is 0 Å². The minimum absolute atomic E-state index is 0.0840. The number of benzene rings is 8. The van der Waals surface area contributed by atoms with E-state index >= 15 is 0 Å². The molecule has 4 heteroatoms. The minimum Gasteiger partial charge on any atom is -0.333 e. The first kappa shape index (κ1) is 30.9. The van der Waals surface area contributed by atoms with Gasteiger partial charge in [0.15, 0.2) is 11.7 Å². The summed E-state index contributed by atoms with van der Waals surface area (Å²) in [5.41, 5.74) is 5.07. The maximum atomic E-state index is 9.07. The summed E-state index contributed by atoms with van der Waals surface area (Å²) in [6, 6.07) is 55.4. The van der Waals surface area contributed by atoms with Gasteiger partial charge >= 0.3 is 0 Å².